The maximum Gasteiger partial charge on any atom is 0.436 e. The van der Waals surface area contributed by atoms with Crippen molar-refractivity contribution in [3.05, 3.63) is 57.7 Å². The van der Waals surface area contributed by atoms with Crippen molar-refractivity contribution in [3.8, 4) is 16.8 Å². The van der Waals surface area contributed by atoms with E-state index < -0.39 is 11.9 Å². The number of halogens is 4. The summed E-state index contributed by atoms with van der Waals surface area (Å²) >= 11 is 6.00. The Morgan fingerprint density at radius 2 is 2.00 bits per heavy atom. The third-order valence-electron chi connectivity index (χ3n) is 3.47. The SMILES string of the molecule is CCn1ncc(-c2cc(Cl)ccc2-n2cc(C(F)(F)F)nn2)cc1=O. The van der Waals surface area contributed by atoms with Gasteiger partial charge in [-0.2, -0.15) is 18.3 Å². The lowest BCUT2D eigenvalue weighted by Gasteiger charge is -2.10. The first kappa shape index (κ1) is 17.2. The summed E-state index contributed by atoms with van der Waals surface area (Å²) in [6, 6.07) is 5.87. The van der Waals surface area contributed by atoms with Gasteiger partial charge in [0, 0.05) is 28.8 Å². The smallest absolute Gasteiger partial charge is 0.268 e. The fourth-order valence-electron chi connectivity index (χ4n) is 2.27. The zero-order valence-corrected chi connectivity index (χ0v) is 13.6. The van der Waals surface area contributed by atoms with Gasteiger partial charge in [-0.25, -0.2) is 9.36 Å². The van der Waals surface area contributed by atoms with E-state index in [9.17, 15) is 18.0 Å². The second-order valence-electron chi connectivity index (χ2n) is 5.11. The van der Waals surface area contributed by atoms with E-state index in [4.69, 9.17) is 11.6 Å². The Bertz CT molecular complexity index is 980. The van der Waals surface area contributed by atoms with Crippen LogP contribution in [0.15, 0.2) is 41.5 Å². The minimum atomic E-state index is -4.60. The molecule has 0 spiro atoms. The van der Waals surface area contributed by atoms with Crippen molar-refractivity contribution >= 4 is 11.6 Å². The van der Waals surface area contributed by atoms with Crippen molar-refractivity contribution in [3.63, 3.8) is 0 Å². The standard InChI is InChI=1S/C15H11ClF3N5O/c1-2-23-14(25)5-9(7-20-23)11-6-10(16)3-4-12(11)24-8-13(21-22-24)15(17,18)19/h3-8H,2H2,1H3. The predicted molar refractivity (Wildman–Crippen MR) is 84.5 cm³/mol. The highest BCUT2D eigenvalue weighted by Gasteiger charge is 2.34. The molecule has 0 N–H and O–H groups in total. The number of rotatable bonds is 3. The van der Waals surface area contributed by atoms with Crippen LogP contribution in [0.5, 0.6) is 0 Å². The van der Waals surface area contributed by atoms with E-state index in [-0.39, 0.29) is 5.56 Å². The number of hydrogen-bond acceptors (Lipinski definition) is 4. The van der Waals surface area contributed by atoms with Gasteiger partial charge >= 0.3 is 6.18 Å². The van der Waals surface area contributed by atoms with E-state index in [1.807, 2.05) is 0 Å². The molecule has 0 unspecified atom stereocenters. The average molecular weight is 370 g/mol. The Morgan fingerprint density at radius 3 is 2.60 bits per heavy atom. The molecule has 3 aromatic rings. The molecule has 0 aliphatic rings. The van der Waals surface area contributed by atoms with Crippen LogP contribution < -0.4 is 5.56 Å². The van der Waals surface area contributed by atoms with Gasteiger partial charge in [-0.3, -0.25) is 4.79 Å². The first-order valence-corrected chi connectivity index (χ1v) is 7.54. The Morgan fingerprint density at radius 1 is 1.24 bits per heavy atom. The van der Waals surface area contributed by atoms with E-state index in [1.54, 1.807) is 6.92 Å². The summed E-state index contributed by atoms with van der Waals surface area (Å²) in [5.41, 5.74) is -0.327. The lowest BCUT2D eigenvalue weighted by molar-refractivity contribution is -0.141. The van der Waals surface area contributed by atoms with Crippen LogP contribution in [0.3, 0.4) is 0 Å². The second-order valence-corrected chi connectivity index (χ2v) is 5.54. The molecular weight excluding hydrogens is 359 g/mol. The zero-order chi connectivity index (χ0) is 18.2. The number of benzene rings is 1. The first-order valence-electron chi connectivity index (χ1n) is 7.16. The molecule has 0 bridgehead atoms. The molecule has 0 radical (unpaired) electrons. The number of aryl methyl sites for hydroxylation is 1. The summed E-state index contributed by atoms with van der Waals surface area (Å²) in [5.74, 6) is 0. The van der Waals surface area contributed by atoms with Crippen molar-refractivity contribution < 1.29 is 13.2 Å². The van der Waals surface area contributed by atoms with Crippen LogP contribution >= 0.6 is 11.6 Å². The van der Waals surface area contributed by atoms with Crippen LogP contribution in [0.1, 0.15) is 12.6 Å². The van der Waals surface area contributed by atoms with Crippen molar-refractivity contribution in [2.45, 2.75) is 19.6 Å². The van der Waals surface area contributed by atoms with Gasteiger partial charge in [-0.15, -0.1) is 5.10 Å². The number of aromatic nitrogens is 5. The van der Waals surface area contributed by atoms with E-state index in [1.165, 1.54) is 35.1 Å². The first-order chi connectivity index (χ1) is 11.8. The van der Waals surface area contributed by atoms with Crippen LogP contribution in [0.2, 0.25) is 5.02 Å². The zero-order valence-electron chi connectivity index (χ0n) is 12.8. The van der Waals surface area contributed by atoms with Crippen LogP contribution in [-0.2, 0) is 12.7 Å². The second kappa shape index (κ2) is 6.32. The molecule has 25 heavy (non-hydrogen) atoms. The summed E-state index contributed by atoms with van der Waals surface area (Å²) in [7, 11) is 0. The fourth-order valence-corrected chi connectivity index (χ4v) is 2.44. The number of nitrogens with zero attached hydrogens (tertiary/aromatic N) is 5. The molecule has 0 aliphatic carbocycles. The lowest BCUT2D eigenvalue weighted by Crippen LogP contribution is -2.20. The van der Waals surface area contributed by atoms with E-state index in [0.717, 1.165) is 10.9 Å². The Labute approximate surface area is 144 Å². The van der Waals surface area contributed by atoms with Crippen molar-refractivity contribution in [2.24, 2.45) is 0 Å². The van der Waals surface area contributed by atoms with Crippen molar-refractivity contribution in [2.75, 3.05) is 0 Å². The van der Waals surface area contributed by atoms with Gasteiger partial charge in [0.15, 0.2) is 5.69 Å². The molecule has 10 heteroatoms. The fraction of sp³-hybridized carbons (Fsp3) is 0.200. The third-order valence-corrected chi connectivity index (χ3v) is 3.70. The van der Waals surface area contributed by atoms with Crippen LogP contribution in [0, 0.1) is 0 Å². The van der Waals surface area contributed by atoms with Crippen LogP contribution in [-0.4, -0.2) is 24.8 Å². The summed E-state index contributed by atoms with van der Waals surface area (Å²) in [6.45, 7) is 2.17. The molecule has 0 fully saturated rings. The van der Waals surface area contributed by atoms with Crippen molar-refractivity contribution in [1.82, 2.24) is 24.8 Å². The molecule has 0 atom stereocenters. The summed E-state index contributed by atoms with van der Waals surface area (Å²) in [6.07, 6.45) is -2.39. The lowest BCUT2D eigenvalue weighted by atomic mass is 10.1. The molecule has 3 rings (SSSR count). The van der Waals surface area contributed by atoms with E-state index in [0.29, 0.717) is 28.4 Å². The van der Waals surface area contributed by atoms with E-state index in [2.05, 4.69) is 15.4 Å². The van der Waals surface area contributed by atoms with Gasteiger partial charge in [0.1, 0.15) is 0 Å². The van der Waals surface area contributed by atoms with E-state index >= 15 is 0 Å². The van der Waals surface area contributed by atoms with Gasteiger partial charge in [0.25, 0.3) is 5.56 Å². The maximum atomic E-state index is 12.7. The molecule has 2 aromatic heterocycles. The van der Waals surface area contributed by atoms with Crippen LogP contribution in [0.4, 0.5) is 13.2 Å². The summed E-state index contributed by atoms with van der Waals surface area (Å²) in [4.78, 5) is 12.0. The van der Waals surface area contributed by atoms with Gasteiger partial charge in [0.05, 0.1) is 18.1 Å². The highest BCUT2D eigenvalue weighted by atomic mass is 35.5. The number of alkyl halides is 3. The molecule has 6 nitrogen and oxygen atoms in total. The maximum absolute atomic E-state index is 12.7. The minimum Gasteiger partial charge on any atom is -0.268 e. The highest BCUT2D eigenvalue weighted by molar-refractivity contribution is 6.31. The topological polar surface area (TPSA) is 65.6 Å². The van der Waals surface area contributed by atoms with Gasteiger partial charge in [-0.05, 0) is 25.1 Å². The Balaban J connectivity index is 2.15. The highest BCUT2D eigenvalue weighted by Crippen LogP contribution is 2.31. The molecular formula is C15H11ClF3N5O. The molecule has 0 aliphatic heterocycles. The summed E-state index contributed by atoms with van der Waals surface area (Å²) in [5, 5.41) is 11.0. The predicted octanol–water partition coefficient (Wildman–Crippen LogP) is 3.18. The molecule has 1 aromatic carbocycles. The third kappa shape index (κ3) is 3.41. The van der Waals surface area contributed by atoms with Crippen molar-refractivity contribution in [1.29, 1.82) is 0 Å². The quantitative estimate of drug-likeness (QED) is 0.711. The molecule has 0 amide bonds. The molecule has 130 valence electrons. The largest absolute Gasteiger partial charge is 0.436 e. The average Bonchev–Trinajstić information content (AvgIpc) is 3.04. The Kier molecular flexibility index (Phi) is 4.34. The molecule has 0 saturated carbocycles. The normalized spacial score (nSPS) is 11.7. The molecule has 2 heterocycles. The summed E-state index contributed by atoms with van der Waals surface area (Å²) < 4.78 is 40.5. The van der Waals surface area contributed by atoms with Gasteiger partial charge < -0.3 is 0 Å². The monoisotopic (exact) mass is 369 g/mol. The Hall–Kier alpha value is -2.68. The van der Waals surface area contributed by atoms with Gasteiger partial charge in [-0.1, -0.05) is 16.8 Å². The molecule has 0 saturated heterocycles. The minimum absolute atomic E-state index is 0.294. The number of hydrogen-bond donors (Lipinski definition) is 0. The van der Waals surface area contributed by atoms with Crippen LogP contribution in [0.25, 0.3) is 16.8 Å². The van der Waals surface area contributed by atoms with Gasteiger partial charge in [0.2, 0.25) is 0 Å².